The number of fused-ring (bicyclic) bond motifs is 1. The Kier molecular flexibility index (Phi) is 4.93. The van der Waals surface area contributed by atoms with Crippen LogP contribution in [0, 0.1) is 5.41 Å². The molecule has 3 rings (SSSR count). The Balaban J connectivity index is 1.83. The molecular formula is C17H19BrN4O. The van der Waals surface area contributed by atoms with Crippen molar-refractivity contribution in [3.63, 3.8) is 0 Å². The van der Waals surface area contributed by atoms with Gasteiger partial charge in [0.15, 0.2) is 0 Å². The van der Waals surface area contributed by atoms with E-state index in [4.69, 9.17) is 10.1 Å². The molecule has 1 aliphatic rings. The Bertz CT molecular complexity index is 715. The monoisotopic (exact) mass is 374 g/mol. The van der Waals surface area contributed by atoms with Crippen LogP contribution in [0.15, 0.2) is 30.5 Å². The van der Waals surface area contributed by atoms with Crippen molar-refractivity contribution in [1.29, 1.82) is 5.41 Å². The highest BCUT2D eigenvalue weighted by atomic mass is 79.9. The van der Waals surface area contributed by atoms with Gasteiger partial charge in [-0.2, -0.15) is 0 Å². The van der Waals surface area contributed by atoms with E-state index >= 15 is 0 Å². The zero-order valence-corrected chi connectivity index (χ0v) is 14.5. The van der Waals surface area contributed by atoms with Gasteiger partial charge in [0.05, 0.1) is 12.7 Å². The Morgan fingerprint density at radius 1 is 1.39 bits per heavy atom. The number of rotatable bonds is 5. The molecule has 23 heavy (non-hydrogen) atoms. The number of halogens is 1. The number of methoxy groups -OCH3 is 1. The summed E-state index contributed by atoms with van der Waals surface area (Å²) in [5.41, 5.74) is 4.39. The standard InChI is InChI=1S/C17H19BrN4O/c1-23-13-4-2-11(3-5-13)8-21-17-15(16(18)19)14-6-7-20-9-12(14)10-22-17/h2-5,10,19-20H,6-9H2,1H3,(H,21,22). The van der Waals surface area contributed by atoms with Crippen LogP contribution < -0.4 is 15.4 Å². The summed E-state index contributed by atoms with van der Waals surface area (Å²) in [5.74, 6) is 1.60. The van der Waals surface area contributed by atoms with Crippen LogP contribution in [0.25, 0.3) is 0 Å². The Morgan fingerprint density at radius 2 is 2.17 bits per heavy atom. The molecule has 0 fully saturated rings. The molecule has 0 saturated heterocycles. The van der Waals surface area contributed by atoms with Gasteiger partial charge in [-0.15, -0.1) is 0 Å². The molecule has 0 amide bonds. The maximum absolute atomic E-state index is 8.05. The van der Waals surface area contributed by atoms with Gasteiger partial charge < -0.3 is 15.4 Å². The lowest BCUT2D eigenvalue weighted by molar-refractivity contribution is 0.414. The molecule has 0 aliphatic carbocycles. The number of ether oxygens (including phenoxy) is 1. The molecule has 1 aromatic heterocycles. The summed E-state index contributed by atoms with van der Waals surface area (Å²) >= 11 is 3.32. The van der Waals surface area contributed by atoms with Crippen LogP contribution in [0.2, 0.25) is 0 Å². The van der Waals surface area contributed by atoms with Gasteiger partial charge in [-0.3, -0.25) is 5.41 Å². The quantitative estimate of drug-likeness (QED) is 0.703. The number of nitrogens with zero attached hydrogens (tertiary/aromatic N) is 1. The number of aromatic nitrogens is 1. The first-order chi connectivity index (χ1) is 11.2. The molecule has 5 nitrogen and oxygen atoms in total. The van der Waals surface area contributed by atoms with Crippen molar-refractivity contribution >= 4 is 26.4 Å². The molecule has 0 spiro atoms. The number of nitrogens with one attached hydrogen (secondary N) is 3. The predicted octanol–water partition coefficient (Wildman–Crippen LogP) is 3.07. The molecule has 0 bridgehead atoms. The van der Waals surface area contributed by atoms with Gasteiger partial charge in [0, 0.05) is 19.3 Å². The highest BCUT2D eigenvalue weighted by Crippen LogP contribution is 2.26. The van der Waals surface area contributed by atoms with E-state index in [-0.39, 0.29) is 0 Å². The van der Waals surface area contributed by atoms with Crippen LogP contribution in [-0.4, -0.2) is 23.3 Å². The van der Waals surface area contributed by atoms with E-state index in [1.165, 1.54) is 11.1 Å². The summed E-state index contributed by atoms with van der Waals surface area (Å²) < 4.78 is 5.55. The van der Waals surface area contributed by atoms with Crippen molar-refractivity contribution in [2.45, 2.75) is 19.5 Å². The van der Waals surface area contributed by atoms with E-state index in [1.807, 2.05) is 30.5 Å². The first kappa shape index (κ1) is 16.0. The van der Waals surface area contributed by atoms with Crippen LogP contribution in [0.4, 0.5) is 5.82 Å². The molecule has 2 heterocycles. The van der Waals surface area contributed by atoms with Crippen molar-refractivity contribution in [1.82, 2.24) is 10.3 Å². The van der Waals surface area contributed by atoms with Crippen LogP contribution in [0.3, 0.4) is 0 Å². The summed E-state index contributed by atoms with van der Waals surface area (Å²) in [5, 5.41) is 14.7. The van der Waals surface area contributed by atoms with Gasteiger partial charge >= 0.3 is 0 Å². The lowest BCUT2D eigenvalue weighted by Crippen LogP contribution is -2.26. The first-order valence-electron chi connectivity index (χ1n) is 7.51. The largest absolute Gasteiger partial charge is 0.497 e. The van der Waals surface area contributed by atoms with E-state index in [1.54, 1.807) is 7.11 Å². The highest BCUT2D eigenvalue weighted by Gasteiger charge is 2.19. The van der Waals surface area contributed by atoms with Crippen molar-refractivity contribution in [2.24, 2.45) is 0 Å². The van der Waals surface area contributed by atoms with E-state index in [0.717, 1.165) is 42.2 Å². The molecule has 1 aliphatic heterocycles. The molecule has 0 radical (unpaired) electrons. The fourth-order valence-electron chi connectivity index (χ4n) is 2.76. The third-order valence-corrected chi connectivity index (χ3v) is 4.38. The minimum Gasteiger partial charge on any atom is -0.497 e. The molecule has 1 aromatic carbocycles. The normalized spacial score (nSPS) is 13.3. The fraction of sp³-hybridized carbons (Fsp3) is 0.294. The van der Waals surface area contributed by atoms with Gasteiger partial charge in [0.1, 0.15) is 16.2 Å². The topological polar surface area (TPSA) is 70.0 Å². The molecular weight excluding hydrogens is 356 g/mol. The molecule has 0 atom stereocenters. The second-order valence-corrected chi connectivity index (χ2v) is 6.22. The Labute approximate surface area is 144 Å². The maximum Gasteiger partial charge on any atom is 0.136 e. The molecule has 0 unspecified atom stereocenters. The smallest absolute Gasteiger partial charge is 0.136 e. The Morgan fingerprint density at radius 3 is 2.87 bits per heavy atom. The van der Waals surface area contributed by atoms with Gasteiger partial charge in [-0.05, 0) is 57.7 Å². The minimum atomic E-state index is 0.376. The molecule has 6 heteroatoms. The number of pyridine rings is 1. The summed E-state index contributed by atoms with van der Waals surface area (Å²) in [6, 6.07) is 7.92. The highest BCUT2D eigenvalue weighted by molar-refractivity contribution is 9.18. The van der Waals surface area contributed by atoms with Crippen molar-refractivity contribution in [2.75, 3.05) is 19.0 Å². The van der Waals surface area contributed by atoms with Crippen LogP contribution >= 0.6 is 15.9 Å². The van der Waals surface area contributed by atoms with Crippen molar-refractivity contribution < 1.29 is 4.74 Å². The number of anilines is 1. The van der Waals surface area contributed by atoms with E-state index in [9.17, 15) is 0 Å². The number of benzene rings is 1. The van der Waals surface area contributed by atoms with Crippen molar-refractivity contribution in [3.8, 4) is 5.75 Å². The third kappa shape index (κ3) is 3.54. The summed E-state index contributed by atoms with van der Waals surface area (Å²) in [7, 11) is 1.66. The molecule has 0 saturated carbocycles. The molecule has 120 valence electrons. The van der Waals surface area contributed by atoms with E-state index in [0.29, 0.717) is 11.2 Å². The summed E-state index contributed by atoms with van der Waals surface area (Å²) in [4.78, 5) is 4.52. The summed E-state index contributed by atoms with van der Waals surface area (Å²) in [6.45, 7) is 2.40. The van der Waals surface area contributed by atoms with E-state index < -0.39 is 0 Å². The van der Waals surface area contributed by atoms with Gasteiger partial charge in [-0.1, -0.05) is 12.1 Å². The maximum atomic E-state index is 8.05. The first-order valence-corrected chi connectivity index (χ1v) is 8.31. The number of hydrogen-bond donors (Lipinski definition) is 3. The van der Waals surface area contributed by atoms with Crippen LogP contribution in [0.5, 0.6) is 5.75 Å². The van der Waals surface area contributed by atoms with Crippen LogP contribution in [0.1, 0.15) is 22.3 Å². The lowest BCUT2D eigenvalue weighted by atomic mass is 9.98. The van der Waals surface area contributed by atoms with E-state index in [2.05, 4.69) is 31.5 Å². The molecule has 3 N–H and O–H groups in total. The van der Waals surface area contributed by atoms with Crippen molar-refractivity contribution in [3.05, 3.63) is 52.7 Å². The zero-order chi connectivity index (χ0) is 16.2. The third-order valence-electron chi connectivity index (χ3n) is 3.98. The van der Waals surface area contributed by atoms with Crippen LogP contribution in [-0.2, 0) is 19.5 Å². The average Bonchev–Trinajstić information content (AvgIpc) is 2.59. The zero-order valence-electron chi connectivity index (χ0n) is 12.9. The van der Waals surface area contributed by atoms with Gasteiger partial charge in [-0.25, -0.2) is 4.98 Å². The number of hydrogen-bond acceptors (Lipinski definition) is 5. The van der Waals surface area contributed by atoms with Gasteiger partial charge in [0.25, 0.3) is 0 Å². The van der Waals surface area contributed by atoms with Gasteiger partial charge in [0.2, 0.25) is 0 Å². The average molecular weight is 375 g/mol. The lowest BCUT2D eigenvalue weighted by Gasteiger charge is -2.22. The Hall–Kier alpha value is -1.92. The summed E-state index contributed by atoms with van der Waals surface area (Å²) in [6.07, 6.45) is 2.82. The fourth-order valence-corrected chi connectivity index (χ4v) is 3.19. The predicted molar refractivity (Wildman–Crippen MR) is 95.7 cm³/mol. The minimum absolute atomic E-state index is 0.376. The SMILES string of the molecule is COc1ccc(CNc2ncc3c(c2C(=N)Br)CCNC3)cc1. The second-order valence-electron chi connectivity index (χ2n) is 5.43. The molecule has 2 aromatic rings. The second kappa shape index (κ2) is 7.10.